The third-order valence-electron chi connectivity index (χ3n) is 6.33. The number of nitrogens with zero attached hydrogens (tertiary/aromatic N) is 1. The van der Waals surface area contributed by atoms with Crippen LogP contribution in [0.2, 0.25) is 5.02 Å². The zero-order chi connectivity index (χ0) is 25.1. The number of carbonyl (C=O) groups is 2. The number of allylic oxidation sites excluding steroid dienone is 3. The van der Waals surface area contributed by atoms with E-state index in [9.17, 15) is 19.7 Å². The van der Waals surface area contributed by atoms with Gasteiger partial charge in [0, 0.05) is 53.6 Å². The Morgan fingerprint density at radius 3 is 2.66 bits per heavy atom. The first-order valence-electron chi connectivity index (χ1n) is 11.2. The van der Waals surface area contributed by atoms with E-state index in [-0.39, 0.29) is 42.6 Å². The molecule has 0 radical (unpaired) electrons. The van der Waals surface area contributed by atoms with Gasteiger partial charge in [-0.2, -0.15) is 0 Å². The SMILES string of the molecule is COCCOC(=O)C1=C(C)NC2=C(C(=O)C[C@@H](c3ccccc3Cl)C2)[C@@H]1c1cccc([N+](=O)[O-])c1. The van der Waals surface area contributed by atoms with Crippen LogP contribution in [0.3, 0.4) is 0 Å². The summed E-state index contributed by atoms with van der Waals surface area (Å²) in [6.45, 7) is 2.01. The fourth-order valence-corrected chi connectivity index (χ4v) is 5.07. The summed E-state index contributed by atoms with van der Waals surface area (Å²) >= 11 is 6.41. The number of methoxy groups -OCH3 is 1. The molecule has 1 aliphatic carbocycles. The van der Waals surface area contributed by atoms with Crippen molar-refractivity contribution in [2.75, 3.05) is 20.3 Å². The van der Waals surface area contributed by atoms with Crippen molar-refractivity contribution in [3.05, 3.63) is 97.3 Å². The van der Waals surface area contributed by atoms with E-state index < -0.39 is 16.8 Å². The number of benzene rings is 2. The zero-order valence-corrected chi connectivity index (χ0v) is 20.1. The minimum Gasteiger partial charge on any atom is -0.460 e. The minimum atomic E-state index is -0.791. The molecule has 0 spiro atoms. The molecule has 8 nitrogen and oxygen atoms in total. The molecule has 0 aromatic heterocycles. The Hall–Kier alpha value is -3.49. The highest BCUT2D eigenvalue weighted by Crippen LogP contribution is 2.46. The van der Waals surface area contributed by atoms with Crippen molar-refractivity contribution in [2.45, 2.75) is 31.6 Å². The Kier molecular flexibility index (Phi) is 7.33. The highest BCUT2D eigenvalue weighted by molar-refractivity contribution is 6.31. The molecule has 0 saturated carbocycles. The second-order valence-corrected chi connectivity index (χ2v) is 8.93. The number of non-ortho nitro benzene ring substituents is 1. The van der Waals surface area contributed by atoms with Gasteiger partial charge in [0.2, 0.25) is 0 Å². The molecular formula is C26H25ClN2O6. The minimum absolute atomic E-state index is 0.0439. The number of dihydropyridines is 1. The molecule has 0 unspecified atom stereocenters. The molecule has 1 N–H and O–H groups in total. The number of hydrogen-bond donors (Lipinski definition) is 1. The molecule has 2 aliphatic rings. The van der Waals surface area contributed by atoms with Gasteiger partial charge in [0.05, 0.1) is 17.1 Å². The van der Waals surface area contributed by atoms with Crippen molar-refractivity contribution < 1.29 is 24.0 Å². The number of Topliss-reactive ketones (excluding diaryl/α,β-unsaturated/α-hetero) is 1. The van der Waals surface area contributed by atoms with Gasteiger partial charge >= 0.3 is 5.97 Å². The lowest BCUT2D eigenvalue weighted by atomic mass is 9.71. The topological polar surface area (TPSA) is 108 Å². The number of halogens is 1. The lowest BCUT2D eigenvalue weighted by Gasteiger charge is -2.36. The molecule has 35 heavy (non-hydrogen) atoms. The van der Waals surface area contributed by atoms with Crippen LogP contribution >= 0.6 is 11.6 Å². The van der Waals surface area contributed by atoms with Gasteiger partial charge in [-0.05, 0) is 36.5 Å². The Morgan fingerprint density at radius 2 is 1.94 bits per heavy atom. The van der Waals surface area contributed by atoms with Gasteiger partial charge in [-0.3, -0.25) is 14.9 Å². The fraction of sp³-hybridized carbons (Fsp3) is 0.308. The van der Waals surface area contributed by atoms with Crippen LogP contribution in [0.4, 0.5) is 5.69 Å². The van der Waals surface area contributed by atoms with E-state index in [1.807, 2.05) is 18.2 Å². The molecule has 0 bridgehead atoms. The van der Waals surface area contributed by atoms with Crippen molar-refractivity contribution in [1.82, 2.24) is 5.32 Å². The molecule has 0 fully saturated rings. The Balaban J connectivity index is 1.79. The Bertz CT molecular complexity index is 1250. The number of nitrogens with one attached hydrogen (secondary N) is 1. The first-order valence-corrected chi connectivity index (χ1v) is 11.6. The predicted octanol–water partition coefficient (Wildman–Crippen LogP) is 4.80. The summed E-state index contributed by atoms with van der Waals surface area (Å²) in [6.07, 6.45) is 0.723. The molecule has 2 aromatic rings. The molecule has 0 amide bonds. The summed E-state index contributed by atoms with van der Waals surface area (Å²) in [4.78, 5) is 37.7. The average molecular weight is 497 g/mol. The monoisotopic (exact) mass is 496 g/mol. The van der Waals surface area contributed by atoms with E-state index in [2.05, 4.69) is 5.32 Å². The number of ketones is 1. The first kappa shape index (κ1) is 24.6. The maximum absolute atomic E-state index is 13.6. The molecule has 2 atom stereocenters. The number of hydrogen-bond acceptors (Lipinski definition) is 7. The lowest BCUT2D eigenvalue weighted by Crippen LogP contribution is -2.36. The van der Waals surface area contributed by atoms with Gasteiger partial charge in [0.15, 0.2) is 5.78 Å². The number of esters is 1. The van der Waals surface area contributed by atoms with Gasteiger partial charge in [-0.15, -0.1) is 0 Å². The third kappa shape index (κ3) is 4.99. The van der Waals surface area contributed by atoms with Crippen LogP contribution in [0.25, 0.3) is 0 Å². The number of carbonyl (C=O) groups excluding carboxylic acids is 2. The maximum Gasteiger partial charge on any atom is 0.336 e. The largest absolute Gasteiger partial charge is 0.460 e. The highest BCUT2D eigenvalue weighted by atomic mass is 35.5. The number of nitro groups is 1. The third-order valence-corrected chi connectivity index (χ3v) is 6.67. The quantitative estimate of drug-likeness (QED) is 0.254. The van der Waals surface area contributed by atoms with Crippen LogP contribution in [0.15, 0.2) is 71.1 Å². The molecule has 182 valence electrons. The van der Waals surface area contributed by atoms with Crippen LogP contribution in [-0.2, 0) is 19.1 Å². The number of nitro benzene ring substituents is 1. The van der Waals surface area contributed by atoms with Crippen LogP contribution in [0.5, 0.6) is 0 Å². The molecule has 1 heterocycles. The molecule has 4 rings (SSSR count). The first-order chi connectivity index (χ1) is 16.8. The van der Waals surface area contributed by atoms with Crippen molar-refractivity contribution in [1.29, 1.82) is 0 Å². The van der Waals surface area contributed by atoms with Crippen LogP contribution in [0, 0.1) is 10.1 Å². The molecule has 1 aliphatic heterocycles. The molecule has 9 heteroatoms. The summed E-state index contributed by atoms with van der Waals surface area (Å²) in [5.41, 5.74) is 3.15. The van der Waals surface area contributed by atoms with E-state index in [1.54, 1.807) is 25.1 Å². The summed E-state index contributed by atoms with van der Waals surface area (Å²) in [5, 5.41) is 15.3. The maximum atomic E-state index is 13.6. The summed E-state index contributed by atoms with van der Waals surface area (Å²) in [7, 11) is 1.50. The standard InChI is InChI=1S/C26H25ClN2O6/c1-15-23(26(31)35-11-10-34-2)24(16-6-5-7-18(12-16)29(32)33)25-21(28-15)13-17(14-22(25)30)19-8-3-4-9-20(19)27/h3-9,12,17,24,28H,10-11,13-14H2,1-2H3/t17-,24+/m0/s1. The summed E-state index contributed by atoms with van der Waals surface area (Å²) in [5.74, 6) is -1.66. The van der Waals surface area contributed by atoms with Gasteiger partial charge in [-0.1, -0.05) is 41.9 Å². The number of ether oxygens (including phenoxy) is 2. The normalized spacial score (nSPS) is 19.8. The molecule has 2 aromatic carbocycles. The summed E-state index contributed by atoms with van der Waals surface area (Å²) < 4.78 is 10.4. The molecular weight excluding hydrogens is 472 g/mol. The van der Waals surface area contributed by atoms with Crippen molar-refractivity contribution in [3.8, 4) is 0 Å². The zero-order valence-electron chi connectivity index (χ0n) is 19.4. The smallest absolute Gasteiger partial charge is 0.336 e. The van der Waals surface area contributed by atoms with Crippen molar-refractivity contribution >= 4 is 29.0 Å². The van der Waals surface area contributed by atoms with Crippen molar-refractivity contribution in [2.24, 2.45) is 0 Å². The van der Waals surface area contributed by atoms with Gasteiger partial charge in [0.1, 0.15) is 6.61 Å². The van der Waals surface area contributed by atoms with E-state index in [1.165, 1.54) is 19.2 Å². The van der Waals surface area contributed by atoms with Gasteiger partial charge in [-0.25, -0.2) is 4.79 Å². The van der Waals surface area contributed by atoms with Gasteiger partial charge in [0.25, 0.3) is 5.69 Å². The van der Waals surface area contributed by atoms with Crippen LogP contribution in [0.1, 0.15) is 42.7 Å². The van der Waals surface area contributed by atoms with E-state index in [4.69, 9.17) is 21.1 Å². The van der Waals surface area contributed by atoms with Crippen LogP contribution in [-0.4, -0.2) is 37.0 Å². The van der Waals surface area contributed by atoms with E-state index in [0.29, 0.717) is 34.0 Å². The Labute approximate surface area is 207 Å². The highest BCUT2D eigenvalue weighted by Gasteiger charge is 2.42. The van der Waals surface area contributed by atoms with E-state index >= 15 is 0 Å². The lowest BCUT2D eigenvalue weighted by molar-refractivity contribution is -0.384. The molecule has 0 saturated heterocycles. The Morgan fingerprint density at radius 1 is 1.17 bits per heavy atom. The van der Waals surface area contributed by atoms with Crippen LogP contribution < -0.4 is 5.32 Å². The van der Waals surface area contributed by atoms with E-state index in [0.717, 1.165) is 5.56 Å². The summed E-state index contributed by atoms with van der Waals surface area (Å²) in [6, 6.07) is 13.5. The predicted molar refractivity (Wildman–Crippen MR) is 130 cm³/mol. The fourth-order valence-electron chi connectivity index (χ4n) is 4.78. The van der Waals surface area contributed by atoms with Crippen molar-refractivity contribution in [3.63, 3.8) is 0 Å². The average Bonchev–Trinajstić information content (AvgIpc) is 2.83. The second kappa shape index (κ2) is 10.4. The second-order valence-electron chi connectivity index (χ2n) is 8.52. The van der Waals surface area contributed by atoms with Gasteiger partial charge < -0.3 is 14.8 Å². The number of rotatable bonds is 7.